The van der Waals surface area contributed by atoms with E-state index >= 15 is 0 Å². The van der Waals surface area contributed by atoms with Crippen LogP contribution in [0.4, 0.5) is 10.7 Å². The third kappa shape index (κ3) is 7.12. The molecule has 1 fully saturated rings. The van der Waals surface area contributed by atoms with Crippen LogP contribution in [0.15, 0.2) is 85.3 Å². The molecule has 1 atom stereocenters. The lowest BCUT2D eigenvalue weighted by Gasteiger charge is -2.34. The topological polar surface area (TPSA) is 112 Å². The summed E-state index contributed by atoms with van der Waals surface area (Å²) in [6.45, 7) is 8.79. The average molecular weight is 605 g/mol. The molecule has 10 heteroatoms. The summed E-state index contributed by atoms with van der Waals surface area (Å²) in [5.41, 5.74) is 1.79. The molecule has 1 aliphatic heterocycles. The number of aromatic nitrogens is 4. The van der Waals surface area contributed by atoms with Crippen LogP contribution in [0.1, 0.15) is 39.2 Å². The molecular formula is C35H36N6O4. The Morgan fingerprint density at radius 1 is 0.889 bits per heavy atom. The summed E-state index contributed by atoms with van der Waals surface area (Å²) in [6, 6.07) is 21.0. The van der Waals surface area contributed by atoms with Gasteiger partial charge < -0.3 is 24.4 Å². The Labute approximate surface area is 262 Å². The van der Waals surface area contributed by atoms with Crippen molar-refractivity contribution in [2.75, 3.05) is 18.4 Å². The fourth-order valence-corrected chi connectivity index (χ4v) is 5.27. The SMILES string of the molecule is Cc1ccc2c(Oc3ccccn3)cccc2c1Oc1ncccc1-c1ccnc(N[C@H]2CCCN(C(=O)OC(C)(C)C)C2)n1. The molecule has 1 saturated heterocycles. The molecule has 45 heavy (non-hydrogen) atoms. The second-order valence-corrected chi connectivity index (χ2v) is 12.0. The Bertz CT molecular complexity index is 1810. The van der Waals surface area contributed by atoms with E-state index in [1.54, 1.807) is 23.5 Å². The number of likely N-dealkylation sites (tertiary alicyclic amines) is 1. The highest BCUT2D eigenvalue weighted by molar-refractivity contribution is 5.94. The van der Waals surface area contributed by atoms with Gasteiger partial charge >= 0.3 is 6.09 Å². The van der Waals surface area contributed by atoms with Crippen LogP contribution in [0, 0.1) is 6.92 Å². The minimum Gasteiger partial charge on any atom is -0.444 e. The van der Waals surface area contributed by atoms with Crippen LogP contribution in [0.2, 0.25) is 0 Å². The summed E-state index contributed by atoms with van der Waals surface area (Å²) in [4.78, 5) is 32.6. The first-order chi connectivity index (χ1) is 21.7. The highest BCUT2D eigenvalue weighted by Crippen LogP contribution is 2.40. The number of hydrogen-bond donors (Lipinski definition) is 1. The van der Waals surface area contributed by atoms with Crippen LogP contribution < -0.4 is 14.8 Å². The Balaban J connectivity index is 1.24. The van der Waals surface area contributed by atoms with E-state index < -0.39 is 5.60 Å². The number of piperidine rings is 1. The van der Waals surface area contributed by atoms with E-state index in [0.29, 0.717) is 48.0 Å². The van der Waals surface area contributed by atoms with Gasteiger partial charge in [0.05, 0.1) is 11.3 Å². The van der Waals surface area contributed by atoms with Gasteiger partial charge in [-0.25, -0.2) is 24.7 Å². The zero-order chi connectivity index (χ0) is 31.4. The number of hydrogen-bond acceptors (Lipinski definition) is 9. The van der Waals surface area contributed by atoms with E-state index in [9.17, 15) is 4.79 Å². The number of anilines is 1. The van der Waals surface area contributed by atoms with Gasteiger partial charge in [0.15, 0.2) is 0 Å². The number of aryl methyl sites for hydroxylation is 1. The summed E-state index contributed by atoms with van der Waals surface area (Å²) in [7, 11) is 0. The number of rotatable bonds is 7. The number of carbonyl (C=O) groups excluding carboxylic acids is 1. The maximum Gasteiger partial charge on any atom is 0.410 e. The minimum atomic E-state index is -0.543. The highest BCUT2D eigenvalue weighted by Gasteiger charge is 2.28. The summed E-state index contributed by atoms with van der Waals surface area (Å²) in [5.74, 6) is 2.75. The molecule has 1 amide bonds. The predicted molar refractivity (Wildman–Crippen MR) is 173 cm³/mol. The van der Waals surface area contributed by atoms with Crippen molar-refractivity contribution in [2.24, 2.45) is 0 Å². The third-order valence-corrected chi connectivity index (χ3v) is 7.33. The molecule has 0 saturated carbocycles. The summed E-state index contributed by atoms with van der Waals surface area (Å²) in [5, 5.41) is 5.19. The lowest BCUT2D eigenvalue weighted by atomic mass is 10.0. The van der Waals surface area contributed by atoms with E-state index in [-0.39, 0.29) is 12.1 Å². The normalized spacial score (nSPS) is 15.0. The van der Waals surface area contributed by atoms with Gasteiger partial charge in [0.2, 0.25) is 17.7 Å². The molecule has 0 bridgehead atoms. The molecule has 0 unspecified atom stereocenters. The Hall–Kier alpha value is -5.25. The van der Waals surface area contributed by atoms with Crippen LogP contribution in [-0.4, -0.2) is 55.7 Å². The molecule has 1 aliphatic rings. The second kappa shape index (κ2) is 12.8. The molecule has 0 aliphatic carbocycles. The van der Waals surface area contributed by atoms with E-state index in [1.807, 2.05) is 94.4 Å². The van der Waals surface area contributed by atoms with Gasteiger partial charge in [0.25, 0.3) is 0 Å². The zero-order valence-corrected chi connectivity index (χ0v) is 25.9. The minimum absolute atomic E-state index is 0.00743. The molecule has 10 nitrogen and oxygen atoms in total. The van der Waals surface area contributed by atoms with Crippen LogP contribution in [0.25, 0.3) is 22.0 Å². The Kier molecular flexibility index (Phi) is 8.46. The summed E-state index contributed by atoms with van der Waals surface area (Å²) in [6.07, 6.45) is 6.54. The molecule has 1 N–H and O–H groups in total. The first kappa shape index (κ1) is 29.8. The van der Waals surface area contributed by atoms with Crippen molar-refractivity contribution in [1.29, 1.82) is 0 Å². The lowest BCUT2D eigenvalue weighted by molar-refractivity contribution is 0.0206. The van der Waals surface area contributed by atoms with Crippen molar-refractivity contribution in [1.82, 2.24) is 24.8 Å². The molecular weight excluding hydrogens is 568 g/mol. The number of carbonyl (C=O) groups is 1. The van der Waals surface area contributed by atoms with E-state index in [4.69, 9.17) is 19.2 Å². The maximum atomic E-state index is 12.7. The van der Waals surface area contributed by atoms with Crippen molar-refractivity contribution < 1.29 is 19.0 Å². The number of ether oxygens (including phenoxy) is 3. The first-order valence-electron chi connectivity index (χ1n) is 15.1. The largest absolute Gasteiger partial charge is 0.444 e. The van der Waals surface area contributed by atoms with Gasteiger partial charge in [-0.05, 0) is 76.4 Å². The Morgan fingerprint density at radius 3 is 2.58 bits per heavy atom. The number of fused-ring (bicyclic) bond motifs is 1. The van der Waals surface area contributed by atoms with Gasteiger partial charge in [-0.1, -0.05) is 30.3 Å². The molecule has 5 aromatic rings. The van der Waals surface area contributed by atoms with Gasteiger partial charge in [0.1, 0.15) is 17.1 Å². The molecule has 4 heterocycles. The van der Waals surface area contributed by atoms with Gasteiger partial charge in [-0.15, -0.1) is 0 Å². The van der Waals surface area contributed by atoms with Gasteiger partial charge in [0, 0.05) is 54.6 Å². The van der Waals surface area contributed by atoms with E-state index in [1.165, 1.54) is 0 Å². The predicted octanol–water partition coefficient (Wildman–Crippen LogP) is 7.79. The van der Waals surface area contributed by atoms with Crippen LogP contribution >= 0.6 is 0 Å². The number of pyridine rings is 2. The standard InChI is InChI=1S/C35H36N6O4/c1-23-15-16-25-26(11-7-13-29(25)43-30-14-5-6-18-36-30)31(23)44-32-27(12-8-19-37-32)28-17-20-38-33(40-28)39-24-10-9-21-41(22-24)34(42)45-35(2,3)4/h5-8,11-20,24H,9-10,21-22H2,1-4H3,(H,38,39,40)/t24-/m0/s1. The molecule has 0 spiro atoms. The molecule has 230 valence electrons. The van der Waals surface area contributed by atoms with Crippen LogP contribution in [0.5, 0.6) is 23.3 Å². The lowest BCUT2D eigenvalue weighted by Crippen LogP contribution is -2.47. The van der Waals surface area contributed by atoms with Crippen molar-refractivity contribution in [3.63, 3.8) is 0 Å². The van der Waals surface area contributed by atoms with Crippen molar-refractivity contribution in [3.8, 4) is 34.5 Å². The van der Waals surface area contributed by atoms with Gasteiger partial charge in [-0.2, -0.15) is 0 Å². The van der Waals surface area contributed by atoms with Crippen LogP contribution in [0.3, 0.4) is 0 Å². The highest BCUT2D eigenvalue weighted by atomic mass is 16.6. The number of benzene rings is 2. The molecule has 6 rings (SSSR count). The van der Waals surface area contributed by atoms with E-state index in [0.717, 1.165) is 34.7 Å². The Morgan fingerprint density at radius 2 is 1.76 bits per heavy atom. The fourth-order valence-electron chi connectivity index (χ4n) is 5.27. The van der Waals surface area contributed by atoms with Gasteiger partial charge in [-0.3, -0.25) is 0 Å². The van der Waals surface area contributed by atoms with Crippen molar-refractivity contribution >= 4 is 22.8 Å². The average Bonchev–Trinajstić information content (AvgIpc) is 3.03. The maximum absolute atomic E-state index is 12.7. The fraction of sp³-hybridized carbons (Fsp3) is 0.286. The zero-order valence-electron chi connectivity index (χ0n) is 25.9. The molecule has 0 radical (unpaired) electrons. The first-order valence-corrected chi connectivity index (χ1v) is 15.1. The number of nitrogens with one attached hydrogen (secondary N) is 1. The third-order valence-electron chi connectivity index (χ3n) is 7.33. The summed E-state index contributed by atoms with van der Waals surface area (Å²) >= 11 is 0. The monoisotopic (exact) mass is 604 g/mol. The molecule has 3 aromatic heterocycles. The summed E-state index contributed by atoms with van der Waals surface area (Å²) < 4.78 is 18.3. The number of amides is 1. The van der Waals surface area contributed by atoms with Crippen molar-refractivity contribution in [3.05, 3.63) is 90.9 Å². The van der Waals surface area contributed by atoms with E-state index in [2.05, 4.69) is 20.3 Å². The van der Waals surface area contributed by atoms with Crippen molar-refractivity contribution in [2.45, 2.75) is 52.2 Å². The second-order valence-electron chi connectivity index (χ2n) is 12.0. The van der Waals surface area contributed by atoms with Crippen LogP contribution in [-0.2, 0) is 4.74 Å². The molecule has 2 aromatic carbocycles. The smallest absolute Gasteiger partial charge is 0.410 e. The quantitative estimate of drug-likeness (QED) is 0.199. The number of nitrogens with zero attached hydrogens (tertiary/aromatic N) is 5.